The number of carbonyl (C=O) groups excluding carboxylic acids is 1. The zero-order valence-electron chi connectivity index (χ0n) is 15.0. The van der Waals surface area contributed by atoms with E-state index in [1.165, 1.54) is 0 Å². The Kier molecular flexibility index (Phi) is 5.13. The number of carbonyl (C=O) groups is 1. The Morgan fingerprint density at radius 1 is 1.31 bits per heavy atom. The first-order chi connectivity index (χ1) is 12.5. The van der Waals surface area contributed by atoms with Gasteiger partial charge in [-0.05, 0) is 42.9 Å². The summed E-state index contributed by atoms with van der Waals surface area (Å²) in [7, 11) is 0. The maximum atomic E-state index is 11.6. The molecule has 6 heteroatoms. The number of hydrogen-bond donors (Lipinski definition) is 0. The molecule has 1 aromatic rings. The third-order valence-electron chi connectivity index (χ3n) is 5.97. The van der Waals surface area contributed by atoms with Crippen LogP contribution in [0.25, 0.3) is 0 Å². The fraction of sp³-hybridized carbons (Fsp3) is 0.650. The van der Waals surface area contributed by atoms with Crippen molar-refractivity contribution in [2.24, 2.45) is 17.8 Å². The zero-order valence-corrected chi connectivity index (χ0v) is 15.7. The lowest BCUT2D eigenvalue weighted by Gasteiger charge is -2.30. The normalized spacial score (nSPS) is 32.5. The molecule has 1 aliphatic carbocycles. The fourth-order valence-electron chi connectivity index (χ4n) is 4.67. The van der Waals surface area contributed by atoms with Gasteiger partial charge in [0, 0.05) is 17.4 Å². The molecule has 0 amide bonds. The molecule has 142 valence electrons. The van der Waals surface area contributed by atoms with E-state index in [1.54, 1.807) is 6.07 Å². The molecule has 3 aliphatic rings. The summed E-state index contributed by atoms with van der Waals surface area (Å²) in [4.78, 5) is 11.6. The SMILES string of the molecule is C[C@@H]1C[C@@H]2OC(=O)C[C@@H]2[C@H]1CCC1(COc2cccc(Cl)c2)OCCO1. The van der Waals surface area contributed by atoms with Crippen LogP contribution >= 0.6 is 11.6 Å². The van der Waals surface area contributed by atoms with Crippen LogP contribution in [0.2, 0.25) is 5.02 Å². The predicted molar refractivity (Wildman–Crippen MR) is 96.1 cm³/mol. The molecule has 2 heterocycles. The summed E-state index contributed by atoms with van der Waals surface area (Å²) >= 11 is 6.02. The quantitative estimate of drug-likeness (QED) is 0.702. The van der Waals surface area contributed by atoms with Crippen LogP contribution in [-0.4, -0.2) is 37.7 Å². The second-order valence-electron chi connectivity index (χ2n) is 7.67. The predicted octanol–water partition coefficient (Wildman–Crippen LogP) is 3.83. The summed E-state index contributed by atoms with van der Waals surface area (Å²) in [5.41, 5.74) is 0. The van der Waals surface area contributed by atoms with Crippen molar-refractivity contribution in [3.63, 3.8) is 0 Å². The Balaban J connectivity index is 1.38. The molecule has 3 fully saturated rings. The largest absolute Gasteiger partial charge is 0.488 e. The highest BCUT2D eigenvalue weighted by Crippen LogP contribution is 2.47. The van der Waals surface area contributed by atoms with E-state index in [9.17, 15) is 4.79 Å². The van der Waals surface area contributed by atoms with Crippen LogP contribution in [0.15, 0.2) is 24.3 Å². The minimum absolute atomic E-state index is 0.0516. The van der Waals surface area contributed by atoms with Crippen LogP contribution in [0.4, 0.5) is 0 Å². The van der Waals surface area contributed by atoms with Gasteiger partial charge in [0.2, 0.25) is 5.79 Å². The van der Waals surface area contributed by atoms with Crippen molar-refractivity contribution in [2.75, 3.05) is 19.8 Å². The van der Waals surface area contributed by atoms with Gasteiger partial charge >= 0.3 is 5.97 Å². The van der Waals surface area contributed by atoms with Gasteiger partial charge in [-0.3, -0.25) is 4.79 Å². The fourth-order valence-corrected chi connectivity index (χ4v) is 4.85. The van der Waals surface area contributed by atoms with Crippen LogP contribution < -0.4 is 4.74 Å². The first-order valence-electron chi connectivity index (χ1n) is 9.40. The van der Waals surface area contributed by atoms with Crippen molar-refractivity contribution in [1.29, 1.82) is 0 Å². The van der Waals surface area contributed by atoms with Crippen LogP contribution in [0.1, 0.15) is 32.6 Å². The van der Waals surface area contributed by atoms with E-state index < -0.39 is 5.79 Å². The number of rotatable bonds is 6. The van der Waals surface area contributed by atoms with E-state index in [2.05, 4.69) is 6.92 Å². The van der Waals surface area contributed by atoms with Gasteiger partial charge in [-0.1, -0.05) is 24.6 Å². The highest BCUT2D eigenvalue weighted by Gasteiger charge is 2.49. The number of ether oxygens (including phenoxy) is 4. The Hall–Kier alpha value is -1.30. The maximum absolute atomic E-state index is 11.6. The van der Waals surface area contributed by atoms with E-state index >= 15 is 0 Å². The second kappa shape index (κ2) is 7.37. The van der Waals surface area contributed by atoms with Crippen molar-refractivity contribution in [2.45, 2.75) is 44.5 Å². The molecule has 4 rings (SSSR count). The minimum atomic E-state index is -0.719. The Morgan fingerprint density at radius 2 is 2.12 bits per heavy atom. The second-order valence-corrected chi connectivity index (χ2v) is 8.10. The molecule has 4 atom stereocenters. The number of fused-ring (bicyclic) bond motifs is 1. The molecule has 0 N–H and O–H groups in total. The van der Waals surface area contributed by atoms with Crippen LogP contribution in [0.5, 0.6) is 5.75 Å². The molecule has 0 radical (unpaired) electrons. The molecule has 26 heavy (non-hydrogen) atoms. The minimum Gasteiger partial charge on any atom is -0.488 e. The average Bonchev–Trinajstić information content (AvgIpc) is 3.27. The molecule has 0 bridgehead atoms. The summed E-state index contributed by atoms with van der Waals surface area (Å²) in [6.45, 7) is 3.74. The van der Waals surface area contributed by atoms with Gasteiger partial charge in [-0.15, -0.1) is 0 Å². The van der Waals surface area contributed by atoms with Gasteiger partial charge in [-0.25, -0.2) is 0 Å². The van der Waals surface area contributed by atoms with Crippen LogP contribution in [0, 0.1) is 17.8 Å². The van der Waals surface area contributed by atoms with Gasteiger partial charge in [0.25, 0.3) is 0 Å². The topological polar surface area (TPSA) is 54.0 Å². The summed E-state index contributed by atoms with van der Waals surface area (Å²) < 4.78 is 23.3. The smallest absolute Gasteiger partial charge is 0.306 e. The maximum Gasteiger partial charge on any atom is 0.306 e. The summed E-state index contributed by atoms with van der Waals surface area (Å²) in [6, 6.07) is 7.34. The molecule has 0 unspecified atom stereocenters. The van der Waals surface area contributed by atoms with Gasteiger partial charge in [0.1, 0.15) is 18.5 Å². The Bertz CT molecular complexity index is 657. The zero-order chi connectivity index (χ0) is 18.1. The molecule has 5 nitrogen and oxygen atoms in total. The molecule has 1 aromatic carbocycles. The van der Waals surface area contributed by atoms with Gasteiger partial charge < -0.3 is 18.9 Å². The summed E-state index contributed by atoms with van der Waals surface area (Å²) in [5.74, 6) is 1.28. The lowest BCUT2D eigenvalue weighted by molar-refractivity contribution is -0.184. The van der Waals surface area contributed by atoms with E-state index in [1.807, 2.05) is 18.2 Å². The molecule has 2 saturated heterocycles. The molecular formula is C20H25ClO5. The number of halogens is 1. The van der Waals surface area contributed by atoms with Crippen LogP contribution in [0.3, 0.4) is 0 Å². The molecule has 1 saturated carbocycles. The average molecular weight is 381 g/mol. The number of hydrogen-bond acceptors (Lipinski definition) is 5. The van der Waals surface area contributed by atoms with Crippen molar-refractivity contribution in [1.82, 2.24) is 0 Å². The molecule has 2 aliphatic heterocycles. The van der Waals surface area contributed by atoms with E-state index in [4.69, 9.17) is 30.5 Å². The summed E-state index contributed by atoms with van der Waals surface area (Å²) in [5, 5.41) is 0.640. The van der Waals surface area contributed by atoms with Gasteiger partial charge in [0.15, 0.2) is 0 Å². The monoisotopic (exact) mass is 380 g/mol. The third kappa shape index (κ3) is 3.71. The lowest BCUT2D eigenvalue weighted by atomic mass is 9.83. The number of benzene rings is 1. The standard InChI is InChI=1S/C20H25ClO5/c1-13-9-18-17(11-19(22)26-18)16(13)5-6-20(24-7-8-25-20)12-23-15-4-2-3-14(21)10-15/h2-4,10,13,16-18H,5-9,11-12H2,1H3/t13-,16+,17-,18+/m1/s1. The molecule has 0 spiro atoms. The number of esters is 1. The van der Waals surface area contributed by atoms with Gasteiger partial charge in [-0.2, -0.15) is 0 Å². The Labute approximate surface area is 158 Å². The van der Waals surface area contributed by atoms with E-state index in [-0.39, 0.29) is 12.1 Å². The van der Waals surface area contributed by atoms with Crippen molar-refractivity contribution >= 4 is 17.6 Å². The van der Waals surface area contributed by atoms with Crippen molar-refractivity contribution in [3.8, 4) is 5.75 Å². The van der Waals surface area contributed by atoms with E-state index in [0.717, 1.165) is 19.3 Å². The highest BCUT2D eigenvalue weighted by atomic mass is 35.5. The molecular weight excluding hydrogens is 356 g/mol. The highest BCUT2D eigenvalue weighted by molar-refractivity contribution is 6.30. The first kappa shape index (κ1) is 18.1. The summed E-state index contributed by atoms with van der Waals surface area (Å²) in [6.07, 6.45) is 3.31. The first-order valence-corrected chi connectivity index (χ1v) is 9.78. The lowest BCUT2D eigenvalue weighted by Crippen LogP contribution is -2.38. The third-order valence-corrected chi connectivity index (χ3v) is 6.21. The van der Waals surface area contributed by atoms with Crippen molar-refractivity contribution in [3.05, 3.63) is 29.3 Å². The van der Waals surface area contributed by atoms with E-state index in [0.29, 0.717) is 54.8 Å². The Morgan fingerprint density at radius 3 is 2.88 bits per heavy atom. The van der Waals surface area contributed by atoms with Crippen LogP contribution in [-0.2, 0) is 19.0 Å². The van der Waals surface area contributed by atoms with Gasteiger partial charge in [0.05, 0.1) is 19.6 Å². The van der Waals surface area contributed by atoms with Crippen molar-refractivity contribution < 1.29 is 23.7 Å². The molecule has 0 aromatic heterocycles.